The van der Waals surface area contributed by atoms with Crippen LogP contribution in [0.2, 0.25) is 0 Å². The van der Waals surface area contributed by atoms with Crippen LogP contribution < -0.4 is 0 Å². The van der Waals surface area contributed by atoms with Gasteiger partial charge in [0.2, 0.25) is 0 Å². The van der Waals surface area contributed by atoms with E-state index in [-0.39, 0.29) is 11.5 Å². The van der Waals surface area contributed by atoms with Crippen LogP contribution in [0, 0.1) is 34.0 Å². The minimum atomic E-state index is -0.0905. The SMILES string of the molecule is C[C@]12CCC3C4=CC=C(N=O)CC4CCC3C1CCC2O. The first kappa shape index (κ1) is 13.7. The lowest BCUT2D eigenvalue weighted by Gasteiger charge is -2.52. The summed E-state index contributed by atoms with van der Waals surface area (Å²) in [5.41, 5.74) is 2.47. The second-order valence-electron chi connectivity index (χ2n) is 7.91. The van der Waals surface area contributed by atoms with E-state index in [0.29, 0.717) is 17.8 Å². The Kier molecular flexibility index (Phi) is 3.11. The lowest BCUT2D eigenvalue weighted by molar-refractivity contribution is -0.0373. The van der Waals surface area contributed by atoms with Crippen LogP contribution in [0.15, 0.2) is 28.6 Å². The molecule has 3 heteroatoms. The molecular formula is C18H25NO2. The summed E-state index contributed by atoms with van der Waals surface area (Å²) in [5.74, 6) is 2.70. The highest BCUT2D eigenvalue weighted by Crippen LogP contribution is 2.61. The molecule has 114 valence electrons. The fourth-order valence-corrected chi connectivity index (χ4v) is 6.00. The van der Waals surface area contributed by atoms with Crippen molar-refractivity contribution in [3.05, 3.63) is 28.3 Å². The summed E-state index contributed by atoms with van der Waals surface area (Å²) in [6.07, 6.45) is 11.9. The quantitative estimate of drug-likeness (QED) is 0.735. The zero-order chi connectivity index (χ0) is 14.6. The normalized spacial score (nSPS) is 48.6. The molecule has 4 rings (SSSR count). The lowest BCUT2D eigenvalue weighted by Crippen LogP contribution is -2.46. The molecule has 0 radical (unpaired) electrons. The van der Waals surface area contributed by atoms with E-state index in [9.17, 15) is 10.0 Å². The highest BCUT2D eigenvalue weighted by atomic mass is 16.3. The van der Waals surface area contributed by atoms with E-state index in [2.05, 4.69) is 18.2 Å². The molecule has 0 heterocycles. The van der Waals surface area contributed by atoms with Gasteiger partial charge in [-0.3, -0.25) is 0 Å². The predicted octanol–water partition coefficient (Wildman–Crippen LogP) is 4.18. The molecular weight excluding hydrogens is 262 g/mol. The Labute approximate surface area is 126 Å². The largest absolute Gasteiger partial charge is 0.393 e. The maximum atomic E-state index is 10.8. The smallest absolute Gasteiger partial charge is 0.0854 e. The number of nitrogens with zero attached hydrogens (tertiary/aromatic N) is 1. The minimum absolute atomic E-state index is 0.0905. The van der Waals surface area contributed by atoms with Crippen LogP contribution in [0.4, 0.5) is 0 Å². The average molecular weight is 287 g/mol. The van der Waals surface area contributed by atoms with Crippen molar-refractivity contribution in [2.24, 2.45) is 34.3 Å². The van der Waals surface area contributed by atoms with Gasteiger partial charge < -0.3 is 5.11 Å². The second-order valence-corrected chi connectivity index (χ2v) is 7.91. The van der Waals surface area contributed by atoms with Gasteiger partial charge in [0.25, 0.3) is 0 Å². The fourth-order valence-electron chi connectivity index (χ4n) is 6.00. The molecule has 0 aromatic rings. The number of nitroso groups, excluding NO2 is 1. The summed E-state index contributed by atoms with van der Waals surface area (Å²) < 4.78 is 0. The molecule has 3 nitrogen and oxygen atoms in total. The number of aliphatic hydroxyl groups excluding tert-OH is 1. The summed E-state index contributed by atoms with van der Waals surface area (Å²) in [7, 11) is 0. The minimum Gasteiger partial charge on any atom is -0.393 e. The fraction of sp³-hybridized carbons (Fsp3) is 0.778. The van der Waals surface area contributed by atoms with Gasteiger partial charge in [0.1, 0.15) is 0 Å². The first-order valence-electron chi connectivity index (χ1n) is 8.55. The summed E-state index contributed by atoms with van der Waals surface area (Å²) in [6, 6.07) is 0. The van der Waals surface area contributed by atoms with E-state index < -0.39 is 0 Å². The summed E-state index contributed by atoms with van der Waals surface area (Å²) in [5, 5.41) is 13.6. The third-order valence-corrected chi connectivity index (χ3v) is 7.18. The van der Waals surface area contributed by atoms with Crippen LogP contribution in [0.1, 0.15) is 51.9 Å². The van der Waals surface area contributed by atoms with Crippen LogP contribution >= 0.6 is 0 Å². The van der Waals surface area contributed by atoms with Gasteiger partial charge in [0.05, 0.1) is 11.8 Å². The summed E-state index contributed by atoms with van der Waals surface area (Å²) in [4.78, 5) is 10.8. The third kappa shape index (κ3) is 1.89. The van der Waals surface area contributed by atoms with E-state index in [0.717, 1.165) is 30.9 Å². The molecule has 4 aliphatic rings. The van der Waals surface area contributed by atoms with E-state index in [1.807, 2.05) is 6.08 Å². The van der Waals surface area contributed by atoms with Gasteiger partial charge in [0, 0.05) is 0 Å². The maximum Gasteiger partial charge on any atom is 0.0854 e. The van der Waals surface area contributed by atoms with Gasteiger partial charge in [-0.1, -0.05) is 18.6 Å². The lowest BCUT2D eigenvalue weighted by atomic mass is 9.53. The predicted molar refractivity (Wildman–Crippen MR) is 82.4 cm³/mol. The van der Waals surface area contributed by atoms with Gasteiger partial charge in [-0.15, -0.1) is 4.91 Å². The zero-order valence-electron chi connectivity index (χ0n) is 12.8. The molecule has 4 aliphatic carbocycles. The Morgan fingerprint density at radius 2 is 2.05 bits per heavy atom. The molecule has 3 saturated carbocycles. The van der Waals surface area contributed by atoms with Crippen molar-refractivity contribution in [3.8, 4) is 0 Å². The van der Waals surface area contributed by atoms with Gasteiger partial charge in [-0.2, -0.15) is 0 Å². The maximum absolute atomic E-state index is 10.8. The zero-order valence-corrected chi connectivity index (χ0v) is 12.8. The van der Waals surface area contributed by atoms with Crippen molar-refractivity contribution >= 4 is 0 Å². The Morgan fingerprint density at radius 1 is 1.19 bits per heavy atom. The highest BCUT2D eigenvalue weighted by molar-refractivity contribution is 5.30. The van der Waals surface area contributed by atoms with Crippen molar-refractivity contribution in [2.75, 3.05) is 0 Å². The molecule has 0 saturated heterocycles. The molecule has 1 N–H and O–H groups in total. The molecule has 0 aromatic carbocycles. The van der Waals surface area contributed by atoms with Gasteiger partial charge in [-0.25, -0.2) is 0 Å². The number of hydrogen-bond acceptors (Lipinski definition) is 3. The van der Waals surface area contributed by atoms with Crippen LogP contribution in [-0.4, -0.2) is 11.2 Å². The molecule has 0 aromatic heterocycles. The highest BCUT2D eigenvalue weighted by Gasteiger charge is 2.55. The van der Waals surface area contributed by atoms with Crippen molar-refractivity contribution in [2.45, 2.75) is 58.0 Å². The van der Waals surface area contributed by atoms with Gasteiger partial charge in [-0.05, 0) is 85.3 Å². The molecule has 0 spiro atoms. The molecule has 0 bridgehead atoms. The molecule has 3 fully saturated rings. The molecule has 5 unspecified atom stereocenters. The monoisotopic (exact) mass is 287 g/mol. The topological polar surface area (TPSA) is 49.7 Å². The number of hydrogen-bond donors (Lipinski definition) is 1. The van der Waals surface area contributed by atoms with E-state index in [4.69, 9.17) is 0 Å². The number of aliphatic hydroxyl groups is 1. The van der Waals surface area contributed by atoms with Gasteiger partial charge >= 0.3 is 0 Å². The van der Waals surface area contributed by atoms with Crippen LogP contribution in [0.25, 0.3) is 0 Å². The Balaban J connectivity index is 1.64. The molecule has 6 atom stereocenters. The average Bonchev–Trinajstić information content (AvgIpc) is 2.82. The Morgan fingerprint density at radius 3 is 2.86 bits per heavy atom. The van der Waals surface area contributed by atoms with Crippen molar-refractivity contribution < 1.29 is 5.11 Å². The van der Waals surface area contributed by atoms with Crippen molar-refractivity contribution in [3.63, 3.8) is 0 Å². The van der Waals surface area contributed by atoms with E-state index in [1.54, 1.807) is 5.57 Å². The van der Waals surface area contributed by atoms with E-state index >= 15 is 0 Å². The number of allylic oxidation sites excluding steroid dienone is 4. The summed E-state index contributed by atoms with van der Waals surface area (Å²) >= 11 is 0. The molecule has 0 aliphatic heterocycles. The van der Waals surface area contributed by atoms with Crippen LogP contribution in [0.3, 0.4) is 0 Å². The summed E-state index contributed by atoms with van der Waals surface area (Å²) in [6.45, 7) is 2.32. The Hall–Kier alpha value is -0.960. The number of fused-ring (bicyclic) bond motifs is 5. The van der Waals surface area contributed by atoms with Crippen molar-refractivity contribution in [1.29, 1.82) is 0 Å². The van der Waals surface area contributed by atoms with Crippen LogP contribution in [0.5, 0.6) is 0 Å². The van der Waals surface area contributed by atoms with E-state index in [1.165, 1.54) is 25.7 Å². The van der Waals surface area contributed by atoms with Crippen LogP contribution in [-0.2, 0) is 0 Å². The first-order valence-corrected chi connectivity index (χ1v) is 8.55. The second kappa shape index (κ2) is 4.77. The van der Waals surface area contributed by atoms with Gasteiger partial charge in [0.15, 0.2) is 0 Å². The first-order chi connectivity index (χ1) is 10.1. The van der Waals surface area contributed by atoms with Crippen molar-refractivity contribution in [1.82, 2.24) is 0 Å². The standard InChI is InChI=1S/C18H25NO2/c1-18-9-8-14-13-5-3-12(19-21)10-11(13)2-4-15(14)16(18)6-7-17(18)20/h3,5,11,14-17,20H,2,4,6-10H2,1H3/t11?,14?,15?,16?,17?,18-/m0/s1. The third-order valence-electron chi connectivity index (χ3n) is 7.18. The Bertz CT molecular complexity index is 523. The molecule has 21 heavy (non-hydrogen) atoms. The molecule has 0 amide bonds. The number of rotatable bonds is 1.